The van der Waals surface area contributed by atoms with E-state index in [0.717, 1.165) is 14.6 Å². The monoisotopic (exact) mass is 338 g/mol. The summed E-state index contributed by atoms with van der Waals surface area (Å²) in [6.45, 7) is 2.09. The van der Waals surface area contributed by atoms with Gasteiger partial charge in [0.15, 0.2) is 0 Å². The van der Waals surface area contributed by atoms with Gasteiger partial charge in [-0.05, 0) is 34.5 Å². The normalized spacial score (nSPS) is 10.6. The van der Waals surface area contributed by atoms with Crippen molar-refractivity contribution in [1.82, 2.24) is 9.13 Å². The van der Waals surface area contributed by atoms with Gasteiger partial charge in [-0.3, -0.25) is 13.9 Å². The largest absolute Gasteiger partial charge is 0.486 e. The van der Waals surface area contributed by atoms with Crippen molar-refractivity contribution in [3.05, 3.63) is 60.8 Å². The number of aryl methyl sites for hydroxylation is 1. The molecule has 2 aromatic rings. The van der Waals surface area contributed by atoms with Crippen molar-refractivity contribution in [2.24, 2.45) is 14.1 Å². The van der Waals surface area contributed by atoms with E-state index in [-0.39, 0.29) is 17.9 Å². The second-order valence-corrected chi connectivity index (χ2v) is 5.40. The third kappa shape index (κ3) is 2.70. The van der Waals surface area contributed by atoms with Crippen LogP contribution in [0.15, 0.2) is 38.3 Å². The van der Waals surface area contributed by atoms with Crippen LogP contribution in [0.4, 0.5) is 0 Å². The Labute approximate surface area is 124 Å². The number of hydrogen-bond donors (Lipinski definition) is 0. The molecule has 0 spiro atoms. The smallest absolute Gasteiger partial charge is 0.330 e. The van der Waals surface area contributed by atoms with Gasteiger partial charge in [-0.1, -0.05) is 12.1 Å². The van der Waals surface area contributed by atoms with E-state index in [1.165, 1.54) is 17.7 Å². The molecule has 106 valence electrons. The Balaban J connectivity index is 2.33. The maximum absolute atomic E-state index is 11.8. The molecular weight excluding hydrogens is 324 g/mol. The molecule has 0 aliphatic rings. The highest BCUT2D eigenvalue weighted by Gasteiger charge is 2.09. The van der Waals surface area contributed by atoms with Gasteiger partial charge in [-0.2, -0.15) is 0 Å². The highest BCUT2D eigenvalue weighted by atomic mass is 79.9. The molecule has 5 nitrogen and oxygen atoms in total. The van der Waals surface area contributed by atoms with Crippen LogP contribution in [0, 0.1) is 6.92 Å². The van der Waals surface area contributed by atoms with Crippen LogP contribution in [0.5, 0.6) is 5.75 Å². The van der Waals surface area contributed by atoms with Gasteiger partial charge in [0.05, 0.1) is 10.2 Å². The average Bonchev–Trinajstić information content (AvgIpc) is 2.41. The molecule has 0 aliphatic heterocycles. The first kappa shape index (κ1) is 14.6. The minimum atomic E-state index is -0.361. The van der Waals surface area contributed by atoms with Crippen molar-refractivity contribution in [1.29, 1.82) is 0 Å². The lowest BCUT2D eigenvalue weighted by Gasteiger charge is -2.13. The molecular formula is C14H15BrN2O3. The molecule has 6 heteroatoms. The molecule has 0 fully saturated rings. The van der Waals surface area contributed by atoms with Crippen molar-refractivity contribution in [3.8, 4) is 5.75 Å². The highest BCUT2D eigenvalue weighted by Crippen LogP contribution is 2.28. The summed E-state index contributed by atoms with van der Waals surface area (Å²) >= 11 is 3.42. The summed E-state index contributed by atoms with van der Waals surface area (Å²) in [4.78, 5) is 23.5. The summed E-state index contributed by atoms with van der Waals surface area (Å²) in [5, 5.41) is 0. The summed E-state index contributed by atoms with van der Waals surface area (Å²) < 4.78 is 9.04. The molecule has 0 bridgehead atoms. The molecule has 1 aromatic carbocycles. The van der Waals surface area contributed by atoms with E-state index in [2.05, 4.69) is 15.9 Å². The number of nitrogens with zero attached hydrogens (tertiary/aromatic N) is 2. The SMILES string of the molecule is Cc1cccc(Br)c1OCc1cc(=O)n(C)c(=O)n1C. The molecule has 0 radical (unpaired) electrons. The van der Waals surface area contributed by atoms with E-state index >= 15 is 0 Å². The Morgan fingerprint density at radius 2 is 1.90 bits per heavy atom. The fourth-order valence-electron chi connectivity index (χ4n) is 1.86. The second-order valence-electron chi connectivity index (χ2n) is 4.55. The molecule has 1 aromatic heterocycles. The van der Waals surface area contributed by atoms with Crippen molar-refractivity contribution < 1.29 is 4.74 Å². The maximum Gasteiger partial charge on any atom is 0.330 e. The minimum absolute atomic E-state index is 0.158. The van der Waals surface area contributed by atoms with E-state index in [1.54, 1.807) is 7.05 Å². The molecule has 1 heterocycles. The number of rotatable bonds is 3. The Kier molecular flexibility index (Phi) is 4.13. The van der Waals surface area contributed by atoms with Crippen LogP contribution in [0.3, 0.4) is 0 Å². The molecule has 0 atom stereocenters. The summed E-state index contributed by atoms with van der Waals surface area (Å²) in [5.74, 6) is 0.709. The predicted octanol–water partition coefficient (Wildman–Crippen LogP) is 1.73. The number of hydrogen-bond acceptors (Lipinski definition) is 3. The zero-order chi connectivity index (χ0) is 14.9. The topological polar surface area (TPSA) is 53.2 Å². The highest BCUT2D eigenvalue weighted by molar-refractivity contribution is 9.10. The third-order valence-corrected chi connectivity index (χ3v) is 3.78. The number of ether oxygens (including phenoxy) is 1. The standard InChI is InChI=1S/C14H15BrN2O3/c1-9-5-4-6-11(15)13(9)20-8-10-7-12(18)17(3)14(19)16(10)2/h4-7H,8H2,1-3H3. The van der Waals surface area contributed by atoms with Crippen molar-refractivity contribution >= 4 is 15.9 Å². The van der Waals surface area contributed by atoms with E-state index in [1.807, 2.05) is 25.1 Å². The summed E-state index contributed by atoms with van der Waals surface area (Å²) in [5.41, 5.74) is 0.817. The first-order chi connectivity index (χ1) is 9.41. The summed E-state index contributed by atoms with van der Waals surface area (Å²) in [7, 11) is 3.07. The first-order valence-corrected chi connectivity index (χ1v) is 6.85. The van der Waals surface area contributed by atoms with Gasteiger partial charge in [0.2, 0.25) is 0 Å². The van der Waals surface area contributed by atoms with E-state index in [0.29, 0.717) is 11.4 Å². The Bertz CT molecular complexity index is 742. The lowest BCUT2D eigenvalue weighted by molar-refractivity contribution is 0.289. The van der Waals surface area contributed by atoms with Crippen molar-refractivity contribution in [3.63, 3.8) is 0 Å². The van der Waals surface area contributed by atoms with E-state index in [4.69, 9.17) is 4.74 Å². The molecule has 20 heavy (non-hydrogen) atoms. The maximum atomic E-state index is 11.8. The third-order valence-electron chi connectivity index (χ3n) is 3.15. The van der Waals surface area contributed by atoms with Gasteiger partial charge < -0.3 is 4.74 Å². The number of halogens is 1. The molecule has 0 N–H and O–H groups in total. The van der Waals surface area contributed by atoms with Crippen molar-refractivity contribution in [2.75, 3.05) is 0 Å². The van der Waals surface area contributed by atoms with Gasteiger partial charge >= 0.3 is 5.69 Å². The first-order valence-electron chi connectivity index (χ1n) is 6.05. The number of benzene rings is 1. The summed E-state index contributed by atoms with van der Waals surface area (Å²) in [6, 6.07) is 7.14. The Morgan fingerprint density at radius 1 is 1.20 bits per heavy atom. The Morgan fingerprint density at radius 3 is 2.55 bits per heavy atom. The lowest BCUT2D eigenvalue weighted by atomic mass is 10.2. The van der Waals surface area contributed by atoms with Crippen LogP contribution in [-0.4, -0.2) is 9.13 Å². The zero-order valence-corrected chi connectivity index (χ0v) is 13.1. The van der Waals surface area contributed by atoms with Crippen LogP contribution >= 0.6 is 15.9 Å². The predicted molar refractivity (Wildman–Crippen MR) is 80.1 cm³/mol. The molecule has 0 amide bonds. The van der Waals surface area contributed by atoms with Crippen LogP contribution in [0.1, 0.15) is 11.3 Å². The van der Waals surface area contributed by atoms with Gasteiger partial charge in [0.25, 0.3) is 5.56 Å². The molecule has 2 rings (SSSR count). The van der Waals surface area contributed by atoms with E-state index < -0.39 is 0 Å². The van der Waals surface area contributed by atoms with Crippen LogP contribution in [-0.2, 0) is 20.7 Å². The second kappa shape index (κ2) is 5.66. The quantitative estimate of drug-likeness (QED) is 0.856. The molecule has 0 saturated heterocycles. The molecule has 0 saturated carbocycles. The number of para-hydroxylation sites is 1. The molecule has 0 unspecified atom stereocenters. The lowest BCUT2D eigenvalue weighted by Crippen LogP contribution is -2.38. The fraction of sp³-hybridized carbons (Fsp3) is 0.286. The molecule has 0 aliphatic carbocycles. The van der Waals surface area contributed by atoms with Crippen LogP contribution < -0.4 is 16.0 Å². The minimum Gasteiger partial charge on any atom is -0.486 e. The van der Waals surface area contributed by atoms with Gasteiger partial charge in [-0.15, -0.1) is 0 Å². The zero-order valence-electron chi connectivity index (χ0n) is 11.5. The van der Waals surface area contributed by atoms with E-state index in [9.17, 15) is 9.59 Å². The number of aromatic nitrogens is 2. The Hall–Kier alpha value is -1.82. The fourth-order valence-corrected chi connectivity index (χ4v) is 2.44. The van der Waals surface area contributed by atoms with Crippen LogP contribution in [0.25, 0.3) is 0 Å². The van der Waals surface area contributed by atoms with Gasteiger partial charge in [0, 0.05) is 20.2 Å². The van der Waals surface area contributed by atoms with Gasteiger partial charge in [0.1, 0.15) is 12.4 Å². The average molecular weight is 339 g/mol. The van der Waals surface area contributed by atoms with Crippen molar-refractivity contribution in [2.45, 2.75) is 13.5 Å². The summed E-state index contributed by atoms with van der Waals surface area (Å²) in [6.07, 6.45) is 0. The van der Waals surface area contributed by atoms with Gasteiger partial charge in [-0.25, -0.2) is 4.79 Å². The van der Waals surface area contributed by atoms with Crippen LogP contribution in [0.2, 0.25) is 0 Å².